The van der Waals surface area contributed by atoms with E-state index in [1.807, 2.05) is 18.2 Å². The van der Waals surface area contributed by atoms with E-state index in [9.17, 15) is 17.6 Å². The fourth-order valence-corrected chi connectivity index (χ4v) is 4.32. The molecule has 3 N–H and O–H groups in total. The highest BCUT2D eigenvalue weighted by atomic mass is 35.5. The van der Waals surface area contributed by atoms with Crippen LogP contribution in [0.1, 0.15) is 35.1 Å². The van der Waals surface area contributed by atoms with E-state index in [0.29, 0.717) is 6.61 Å². The number of nitrogens with two attached hydrogens (primary N) is 1. The molecule has 3 nitrogen and oxygen atoms in total. The Bertz CT molecular complexity index is 1050. The van der Waals surface area contributed by atoms with E-state index >= 15 is 0 Å². The first-order valence-corrected chi connectivity index (χ1v) is 11.2. The minimum atomic E-state index is -4.61. The van der Waals surface area contributed by atoms with E-state index in [1.54, 1.807) is 0 Å². The van der Waals surface area contributed by atoms with Crippen LogP contribution < -0.4 is 11.1 Å². The maximum atomic E-state index is 13.8. The Kier molecular flexibility index (Phi) is 8.57. The molecule has 34 heavy (non-hydrogen) atoms. The van der Waals surface area contributed by atoms with Gasteiger partial charge in [-0.2, -0.15) is 13.2 Å². The highest BCUT2D eigenvalue weighted by Gasteiger charge is 2.34. The highest BCUT2D eigenvalue weighted by Crippen LogP contribution is 2.36. The monoisotopic (exact) mass is 494 g/mol. The number of piperidine rings is 1. The molecule has 1 saturated heterocycles. The molecule has 2 aromatic carbocycles. The lowest BCUT2D eigenvalue weighted by atomic mass is 9.74. The topological polar surface area (TPSA) is 47.3 Å². The minimum absolute atomic E-state index is 0.0394. The van der Waals surface area contributed by atoms with E-state index in [2.05, 4.69) is 24.0 Å². The van der Waals surface area contributed by atoms with Gasteiger partial charge >= 0.3 is 6.18 Å². The molecule has 1 fully saturated rings. The van der Waals surface area contributed by atoms with E-state index in [4.69, 9.17) is 22.1 Å². The first-order valence-electron chi connectivity index (χ1n) is 10.8. The third kappa shape index (κ3) is 6.50. The maximum Gasteiger partial charge on any atom is 0.416 e. The van der Waals surface area contributed by atoms with E-state index in [0.717, 1.165) is 55.8 Å². The van der Waals surface area contributed by atoms with E-state index < -0.39 is 17.6 Å². The highest BCUT2D eigenvalue weighted by molar-refractivity contribution is 6.32. The van der Waals surface area contributed by atoms with E-state index in [1.165, 1.54) is 6.07 Å². The molecule has 0 atom stereocenters. The minimum Gasteiger partial charge on any atom is -0.389 e. The third-order valence-corrected chi connectivity index (χ3v) is 6.16. The molecular weight excluding hydrogens is 468 g/mol. The summed E-state index contributed by atoms with van der Waals surface area (Å²) in [6.45, 7) is 5.27. The van der Waals surface area contributed by atoms with Gasteiger partial charge in [0.25, 0.3) is 0 Å². The number of halogens is 5. The molecule has 0 radical (unpaired) electrons. The predicted molar refractivity (Wildman–Crippen MR) is 128 cm³/mol. The average molecular weight is 495 g/mol. The molecule has 0 spiro atoms. The molecule has 0 aliphatic carbocycles. The molecule has 0 aromatic heterocycles. The average Bonchev–Trinajstić information content (AvgIpc) is 2.82. The number of allylic oxidation sites excluding steroid dienone is 4. The molecule has 1 heterocycles. The Morgan fingerprint density at radius 1 is 1.15 bits per heavy atom. The zero-order chi connectivity index (χ0) is 24.8. The van der Waals surface area contributed by atoms with Gasteiger partial charge in [-0.25, -0.2) is 4.39 Å². The van der Waals surface area contributed by atoms with Gasteiger partial charge in [-0.05, 0) is 73.0 Å². The van der Waals surface area contributed by atoms with Crippen LogP contribution in [0.2, 0.25) is 0 Å². The van der Waals surface area contributed by atoms with Gasteiger partial charge in [0, 0.05) is 11.0 Å². The summed E-state index contributed by atoms with van der Waals surface area (Å²) in [6.07, 6.45) is -1.04. The largest absolute Gasteiger partial charge is 0.416 e. The first kappa shape index (κ1) is 26.0. The van der Waals surface area contributed by atoms with E-state index in [-0.39, 0.29) is 33.9 Å². The molecule has 182 valence electrons. The standard InChI is InChI=1S/C26H27ClF4N2O/c1-2-22(28)15-23(24(27)32)19-12-18(13-21(14-19)26(29,30)31)16-34-17-25(8-10-33-11-9-25)20-6-4-3-5-7-20/h2-7,12-15,33H,1,8-11,16-17,32H2/b22-15+,24-23+. The van der Waals surface area contributed by atoms with Gasteiger partial charge in [0.15, 0.2) is 0 Å². The van der Waals surface area contributed by atoms with Crippen LogP contribution in [0.15, 0.2) is 78.2 Å². The van der Waals surface area contributed by atoms with Crippen LogP contribution >= 0.6 is 11.6 Å². The summed E-state index contributed by atoms with van der Waals surface area (Å²) in [7, 11) is 0. The van der Waals surface area contributed by atoms with Crippen LogP contribution in [0.5, 0.6) is 0 Å². The van der Waals surface area contributed by atoms with Crippen molar-refractivity contribution in [2.75, 3.05) is 19.7 Å². The summed E-state index contributed by atoms with van der Waals surface area (Å²) >= 11 is 5.88. The Labute approximate surface area is 201 Å². The van der Waals surface area contributed by atoms with Crippen LogP contribution in [-0.4, -0.2) is 19.7 Å². The number of alkyl halides is 3. The fourth-order valence-electron chi connectivity index (χ4n) is 4.16. The lowest BCUT2D eigenvalue weighted by Crippen LogP contribution is -2.43. The number of ether oxygens (including phenoxy) is 1. The van der Waals surface area contributed by atoms with Gasteiger partial charge in [-0.15, -0.1) is 0 Å². The van der Waals surface area contributed by atoms with Gasteiger partial charge in [-0.1, -0.05) is 48.5 Å². The van der Waals surface area contributed by atoms with Gasteiger partial charge in [0.2, 0.25) is 0 Å². The van der Waals surface area contributed by atoms with Crippen molar-refractivity contribution in [2.24, 2.45) is 5.73 Å². The van der Waals surface area contributed by atoms with Crippen molar-refractivity contribution in [3.05, 3.63) is 100 Å². The zero-order valence-electron chi connectivity index (χ0n) is 18.6. The van der Waals surface area contributed by atoms with Crippen molar-refractivity contribution < 1.29 is 22.3 Å². The summed E-state index contributed by atoms with van der Waals surface area (Å²) in [5.74, 6) is -0.774. The molecule has 2 aromatic rings. The molecule has 0 amide bonds. The van der Waals surface area contributed by atoms with Crippen molar-refractivity contribution >= 4 is 17.2 Å². The molecule has 8 heteroatoms. The van der Waals surface area contributed by atoms with Gasteiger partial charge in [0.1, 0.15) is 11.0 Å². The van der Waals surface area contributed by atoms with Crippen LogP contribution in [0, 0.1) is 0 Å². The maximum absolute atomic E-state index is 13.8. The molecule has 1 aliphatic rings. The molecular formula is C26H27ClF4N2O. The predicted octanol–water partition coefficient (Wildman–Crippen LogP) is 6.45. The smallest absolute Gasteiger partial charge is 0.389 e. The Hall–Kier alpha value is -2.61. The number of hydrogen-bond acceptors (Lipinski definition) is 3. The van der Waals surface area contributed by atoms with Crippen LogP contribution in [0.3, 0.4) is 0 Å². The second-order valence-electron chi connectivity index (χ2n) is 8.30. The summed E-state index contributed by atoms with van der Waals surface area (Å²) in [6, 6.07) is 13.4. The second-order valence-corrected chi connectivity index (χ2v) is 8.71. The third-order valence-electron chi connectivity index (χ3n) is 5.96. The van der Waals surface area contributed by atoms with Crippen LogP contribution in [0.25, 0.3) is 5.57 Å². The van der Waals surface area contributed by atoms with Crippen molar-refractivity contribution in [1.82, 2.24) is 5.32 Å². The van der Waals surface area contributed by atoms with Crippen LogP contribution in [0.4, 0.5) is 17.6 Å². The molecule has 0 unspecified atom stereocenters. The quantitative estimate of drug-likeness (QED) is 0.252. The molecule has 3 rings (SSSR count). The molecule has 1 aliphatic heterocycles. The summed E-state index contributed by atoms with van der Waals surface area (Å²) in [5.41, 5.74) is 5.92. The summed E-state index contributed by atoms with van der Waals surface area (Å²) < 4.78 is 60.6. The Morgan fingerprint density at radius 3 is 2.41 bits per heavy atom. The van der Waals surface area contributed by atoms with Gasteiger partial charge in [0.05, 0.1) is 18.8 Å². The zero-order valence-corrected chi connectivity index (χ0v) is 19.4. The SMILES string of the molecule is C=C/C(F)=C\C(=C(/N)Cl)c1cc(COCC2(c3ccccc3)CCNCC2)cc(C(F)(F)F)c1. The lowest BCUT2D eigenvalue weighted by molar-refractivity contribution is -0.137. The molecule has 0 saturated carbocycles. The van der Waals surface area contributed by atoms with Crippen LogP contribution in [-0.2, 0) is 22.9 Å². The fraction of sp³-hybridized carbons (Fsp3) is 0.308. The van der Waals surface area contributed by atoms with Gasteiger partial charge in [-0.3, -0.25) is 0 Å². The first-order chi connectivity index (χ1) is 16.1. The van der Waals surface area contributed by atoms with Crippen molar-refractivity contribution in [3.8, 4) is 0 Å². The Morgan fingerprint density at radius 2 is 1.82 bits per heavy atom. The number of hydrogen-bond donors (Lipinski definition) is 2. The van der Waals surface area contributed by atoms with Crippen molar-refractivity contribution in [2.45, 2.75) is 31.0 Å². The van der Waals surface area contributed by atoms with Gasteiger partial charge < -0.3 is 15.8 Å². The normalized spacial score (nSPS) is 17.3. The number of rotatable bonds is 8. The summed E-state index contributed by atoms with van der Waals surface area (Å²) in [5, 5.41) is 3.01. The van der Waals surface area contributed by atoms with Crippen molar-refractivity contribution in [1.29, 1.82) is 0 Å². The lowest BCUT2D eigenvalue weighted by Gasteiger charge is -2.38. The summed E-state index contributed by atoms with van der Waals surface area (Å²) in [4.78, 5) is 0. The van der Waals surface area contributed by atoms with Crippen molar-refractivity contribution in [3.63, 3.8) is 0 Å². The number of nitrogens with one attached hydrogen (secondary N) is 1. The number of benzene rings is 2. The molecule has 0 bridgehead atoms. The Balaban J connectivity index is 1.90. The second kappa shape index (κ2) is 11.2.